The van der Waals surface area contributed by atoms with E-state index in [-0.39, 0.29) is 19.6 Å². The summed E-state index contributed by atoms with van der Waals surface area (Å²) >= 11 is 0. The summed E-state index contributed by atoms with van der Waals surface area (Å²) < 4.78 is 0. The fourth-order valence-corrected chi connectivity index (χ4v) is 1.00. The smallest absolute Gasteiger partial charge is 0.294 e. The van der Waals surface area contributed by atoms with Crippen LogP contribution in [0.5, 0.6) is 0 Å². The van der Waals surface area contributed by atoms with Crippen LogP contribution in [-0.4, -0.2) is 34.8 Å². The van der Waals surface area contributed by atoms with Crippen molar-refractivity contribution in [3.8, 4) is 0 Å². The Bertz CT molecular complexity index is 211. The van der Waals surface area contributed by atoms with Gasteiger partial charge < -0.3 is 4.84 Å². The topological polar surface area (TPSA) is 98.8 Å². The molecule has 0 atom stereocenters. The van der Waals surface area contributed by atoms with Crippen LogP contribution in [0.15, 0.2) is 0 Å². The number of hydrogen-bond donors (Lipinski definition) is 0. The zero-order chi connectivity index (χ0) is 11.7. The Kier molecular flexibility index (Phi) is 6.94. The van der Waals surface area contributed by atoms with E-state index in [1.807, 2.05) is 6.92 Å². The van der Waals surface area contributed by atoms with E-state index in [0.29, 0.717) is 6.54 Å². The lowest BCUT2D eigenvalue weighted by Gasteiger charge is -2.12. The van der Waals surface area contributed by atoms with Gasteiger partial charge in [-0.15, -0.1) is 15.1 Å². The third-order valence-electron chi connectivity index (χ3n) is 1.76. The third kappa shape index (κ3) is 7.47. The molecule has 0 spiro atoms. The van der Waals surface area contributed by atoms with Gasteiger partial charge in [0.15, 0.2) is 5.03 Å². The van der Waals surface area contributed by atoms with Crippen molar-refractivity contribution < 1.29 is 15.0 Å². The van der Waals surface area contributed by atoms with Gasteiger partial charge in [0, 0.05) is 0 Å². The average molecular weight is 221 g/mol. The molecule has 0 aliphatic carbocycles. The Morgan fingerprint density at radius 3 is 2.27 bits per heavy atom. The molecule has 0 saturated carbocycles. The molecular weight excluding hydrogens is 206 g/mol. The van der Waals surface area contributed by atoms with Crippen LogP contribution in [0.4, 0.5) is 0 Å². The first-order valence-electron chi connectivity index (χ1n) is 4.74. The first-order valence-corrected chi connectivity index (χ1v) is 4.74. The Hall–Kier alpha value is -1.60. The van der Waals surface area contributed by atoms with E-state index in [1.54, 1.807) is 0 Å². The van der Waals surface area contributed by atoms with Gasteiger partial charge in [0.2, 0.25) is 0 Å². The predicted octanol–water partition coefficient (Wildman–Crippen LogP) is 0.879. The molecule has 0 bridgehead atoms. The number of nitro groups is 1. The van der Waals surface area contributed by atoms with Gasteiger partial charge in [-0.1, -0.05) is 13.3 Å². The Labute approximate surface area is 87.0 Å². The molecule has 88 valence electrons. The molecule has 0 aromatic rings. The predicted molar refractivity (Wildman–Crippen MR) is 51.0 cm³/mol. The maximum Gasteiger partial charge on any atom is 0.294 e. The summed E-state index contributed by atoms with van der Waals surface area (Å²) in [4.78, 5) is 24.3. The van der Waals surface area contributed by atoms with Crippen molar-refractivity contribution in [2.45, 2.75) is 26.2 Å². The van der Waals surface area contributed by atoms with Crippen LogP contribution >= 0.6 is 0 Å². The lowest BCUT2D eigenvalue weighted by atomic mass is 10.3. The van der Waals surface area contributed by atoms with E-state index < -0.39 is 10.1 Å². The van der Waals surface area contributed by atoms with Crippen LogP contribution in [0, 0.1) is 20.2 Å². The second-order valence-electron chi connectivity index (χ2n) is 2.96. The number of unbranched alkanes of at least 4 members (excludes halogenated alkanes) is 1. The quantitative estimate of drug-likeness (QED) is 0.325. The van der Waals surface area contributed by atoms with Gasteiger partial charge in [-0.3, -0.25) is 0 Å². The Morgan fingerprint density at radius 2 is 1.80 bits per heavy atom. The van der Waals surface area contributed by atoms with Gasteiger partial charge in [-0.2, -0.15) is 0 Å². The van der Waals surface area contributed by atoms with E-state index >= 15 is 0 Å². The minimum Gasteiger partial charge on any atom is -0.314 e. The summed E-state index contributed by atoms with van der Waals surface area (Å²) in [5, 5.41) is 19.9. The Morgan fingerprint density at radius 1 is 1.20 bits per heavy atom. The summed E-state index contributed by atoms with van der Waals surface area (Å²) in [5.41, 5.74) is 0. The van der Waals surface area contributed by atoms with Gasteiger partial charge in [0.1, 0.15) is 0 Å². The maximum absolute atomic E-state index is 10.5. The second kappa shape index (κ2) is 7.77. The number of hydrogen-bond acceptors (Lipinski definition) is 5. The summed E-state index contributed by atoms with van der Waals surface area (Å²) in [6.45, 7) is 2.36. The lowest BCUT2D eigenvalue weighted by Crippen LogP contribution is -2.32. The summed E-state index contributed by atoms with van der Waals surface area (Å²) in [6.07, 6.45) is 1.87. The molecule has 0 unspecified atom stereocenters. The molecule has 0 rings (SSSR count). The van der Waals surface area contributed by atoms with Crippen LogP contribution in [0.25, 0.3) is 0 Å². The van der Waals surface area contributed by atoms with Crippen molar-refractivity contribution in [1.82, 2.24) is 5.01 Å². The first kappa shape index (κ1) is 13.4. The van der Waals surface area contributed by atoms with Gasteiger partial charge in [0.05, 0.1) is 19.7 Å². The second-order valence-corrected chi connectivity index (χ2v) is 2.96. The normalized spacial score (nSPS) is 9.67. The van der Waals surface area contributed by atoms with Crippen LogP contribution in [0.1, 0.15) is 26.2 Å². The van der Waals surface area contributed by atoms with Crippen molar-refractivity contribution in [2.75, 3.05) is 19.7 Å². The van der Waals surface area contributed by atoms with E-state index in [1.165, 1.54) is 0 Å². The fourth-order valence-electron chi connectivity index (χ4n) is 1.00. The SMILES string of the molecule is CCCCN(CCCO[N+](=O)[O-])[N+](=O)[O-]. The molecule has 0 N–H and O–H groups in total. The molecular formula is C7H15N3O5. The molecule has 8 nitrogen and oxygen atoms in total. The molecule has 0 heterocycles. The van der Waals surface area contributed by atoms with E-state index in [2.05, 4.69) is 4.84 Å². The van der Waals surface area contributed by atoms with Crippen LogP contribution in [-0.2, 0) is 4.84 Å². The van der Waals surface area contributed by atoms with Gasteiger partial charge in [0.25, 0.3) is 5.09 Å². The standard InChI is InChI=1S/C7H15N3O5/c1-2-3-5-8(9(11)12)6-4-7-15-10(13)14/h2-7H2,1H3. The summed E-state index contributed by atoms with van der Waals surface area (Å²) in [6, 6.07) is 0. The minimum absolute atomic E-state index is 0.108. The molecule has 0 aromatic carbocycles. The molecule has 0 amide bonds. The first-order chi connectivity index (χ1) is 7.07. The zero-order valence-electron chi connectivity index (χ0n) is 8.63. The van der Waals surface area contributed by atoms with Crippen molar-refractivity contribution >= 4 is 0 Å². The number of hydrazine groups is 1. The van der Waals surface area contributed by atoms with Gasteiger partial charge in [-0.25, -0.2) is 10.1 Å². The Balaban J connectivity index is 3.66. The van der Waals surface area contributed by atoms with Crippen LogP contribution in [0.2, 0.25) is 0 Å². The molecule has 0 fully saturated rings. The average Bonchev–Trinajstić information content (AvgIpc) is 2.15. The number of rotatable bonds is 9. The van der Waals surface area contributed by atoms with Crippen LogP contribution < -0.4 is 0 Å². The van der Waals surface area contributed by atoms with Gasteiger partial charge in [-0.05, 0) is 12.8 Å². The highest BCUT2D eigenvalue weighted by Gasteiger charge is 2.12. The number of nitrogens with zero attached hydrogens (tertiary/aromatic N) is 3. The van der Waals surface area contributed by atoms with Crippen molar-refractivity contribution in [3.63, 3.8) is 0 Å². The summed E-state index contributed by atoms with van der Waals surface area (Å²) in [7, 11) is 0. The zero-order valence-corrected chi connectivity index (χ0v) is 8.63. The molecule has 0 saturated heterocycles. The van der Waals surface area contributed by atoms with Crippen molar-refractivity contribution in [1.29, 1.82) is 0 Å². The highest BCUT2D eigenvalue weighted by Crippen LogP contribution is 1.97. The molecule has 0 aromatic heterocycles. The van der Waals surface area contributed by atoms with E-state index in [4.69, 9.17) is 0 Å². The van der Waals surface area contributed by atoms with Gasteiger partial charge >= 0.3 is 0 Å². The van der Waals surface area contributed by atoms with E-state index in [9.17, 15) is 20.2 Å². The van der Waals surface area contributed by atoms with E-state index in [0.717, 1.165) is 17.9 Å². The molecule has 0 aliphatic heterocycles. The monoisotopic (exact) mass is 221 g/mol. The molecule has 0 radical (unpaired) electrons. The summed E-state index contributed by atoms with van der Waals surface area (Å²) in [5.74, 6) is 0. The largest absolute Gasteiger partial charge is 0.314 e. The fraction of sp³-hybridized carbons (Fsp3) is 1.00. The minimum atomic E-state index is -0.900. The molecule has 8 heteroatoms. The van der Waals surface area contributed by atoms with Crippen LogP contribution in [0.3, 0.4) is 0 Å². The maximum atomic E-state index is 10.5. The lowest BCUT2D eigenvalue weighted by molar-refractivity contribution is -0.758. The molecule has 15 heavy (non-hydrogen) atoms. The highest BCUT2D eigenvalue weighted by atomic mass is 16.9. The van der Waals surface area contributed by atoms with Crippen molar-refractivity contribution in [3.05, 3.63) is 20.2 Å². The highest BCUT2D eigenvalue weighted by molar-refractivity contribution is 4.46. The van der Waals surface area contributed by atoms with Crippen molar-refractivity contribution in [2.24, 2.45) is 0 Å². The molecule has 0 aliphatic rings. The third-order valence-corrected chi connectivity index (χ3v) is 1.76.